The number of rotatable bonds is 6. The summed E-state index contributed by atoms with van der Waals surface area (Å²) >= 11 is 0. The summed E-state index contributed by atoms with van der Waals surface area (Å²) in [6, 6.07) is 7.42. The molecule has 1 heterocycles. The molecule has 120 valence electrons. The molecule has 0 aliphatic carbocycles. The van der Waals surface area contributed by atoms with Gasteiger partial charge in [0.2, 0.25) is 6.04 Å². The highest BCUT2D eigenvalue weighted by molar-refractivity contribution is 7.55. The molecule has 0 fully saturated rings. The van der Waals surface area contributed by atoms with E-state index in [9.17, 15) is 9.36 Å². The van der Waals surface area contributed by atoms with E-state index in [4.69, 9.17) is 18.5 Å². The number of carbonyl (C=O) groups is 1. The molecule has 0 N–H and O–H groups in total. The number of carbonyl (C=O) groups excluding carboxylic acids is 1. The molecule has 2 rings (SSSR count). The molecule has 8 heteroatoms. The first-order valence-corrected chi connectivity index (χ1v) is 8.23. The van der Waals surface area contributed by atoms with E-state index in [-0.39, 0.29) is 6.61 Å². The molecular weight excluding hydrogens is 309 g/mol. The molecule has 0 amide bonds. The van der Waals surface area contributed by atoms with E-state index in [2.05, 4.69) is 4.99 Å². The third-order valence-electron chi connectivity index (χ3n) is 3.40. The third kappa shape index (κ3) is 2.45. The first kappa shape index (κ1) is 16.7. The lowest BCUT2D eigenvalue weighted by atomic mass is 10.0. The number of nitrogens with zero attached hydrogens (tertiary/aromatic N) is 1. The van der Waals surface area contributed by atoms with Gasteiger partial charge >= 0.3 is 13.6 Å². The molecule has 0 spiro atoms. The van der Waals surface area contributed by atoms with E-state index in [0.29, 0.717) is 5.56 Å². The van der Waals surface area contributed by atoms with Crippen LogP contribution in [0.3, 0.4) is 0 Å². The SMILES string of the molecule is CCOC(=O)C1N=COC1(c1ccccc1)P(=O)(OC)OC. The van der Waals surface area contributed by atoms with Crippen LogP contribution in [0.2, 0.25) is 0 Å². The van der Waals surface area contributed by atoms with Crippen molar-refractivity contribution in [2.24, 2.45) is 4.99 Å². The Bertz CT molecular complexity index is 597. The second-order valence-corrected chi connectivity index (χ2v) is 6.84. The van der Waals surface area contributed by atoms with E-state index in [1.807, 2.05) is 0 Å². The van der Waals surface area contributed by atoms with Gasteiger partial charge in [-0.15, -0.1) is 0 Å². The molecule has 7 nitrogen and oxygen atoms in total. The van der Waals surface area contributed by atoms with Crippen molar-refractivity contribution in [2.75, 3.05) is 20.8 Å². The monoisotopic (exact) mass is 327 g/mol. The van der Waals surface area contributed by atoms with Crippen molar-refractivity contribution in [1.29, 1.82) is 0 Å². The summed E-state index contributed by atoms with van der Waals surface area (Å²) in [7, 11) is -1.39. The molecule has 1 aromatic rings. The van der Waals surface area contributed by atoms with Crippen LogP contribution in [0.1, 0.15) is 12.5 Å². The summed E-state index contributed by atoms with van der Waals surface area (Å²) < 4.78 is 33.9. The van der Waals surface area contributed by atoms with Crippen LogP contribution in [0.4, 0.5) is 0 Å². The van der Waals surface area contributed by atoms with Crippen molar-refractivity contribution in [1.82, 2.24) is 0 Å². The molecule has 0 bridgehead atoms. The van der Waals surface area contributed by atoms with Gasteiger partial charge in [0, 0.05) is 19.8 Å². The summed E-state index contributed by atoms with van der Waals surface area (Å²) in [5.74, 6) is -0.658. The van der Waals surface area contributed by atoms with Crippen LogP contribution in [0.15, 0.2) is 35.3 Å². The lowest BCUT2D eigenvalue weighted by Gasteiger charge is -2.36. The first-order valence-electron chi connectivity index (χ1n) is 6.69. The Hall–Kier alpha value is -1.69. The Morgan fingerprint density at radius 3 is 2.50 bits per heavy atom. The summed E-state index contributed by atoms with van der Waals surface area (Å²) in [5.41, 5.74) is 0.456. The molecule has 1 aromatic carbocycles. The predicted octanol–water partition coefficient (Wildman–Crippen LogP) is 2.32. The maximum atomic E-state index is 13.1. The van der Waals surface area contributed by atoms with E-state index in [1.165, 1.54) is 14.2 Å². The van der Waals surface area contributed by atoms with Gasteiger partial charge in [-0.3, -0.25) is 4.57 Å². The quantitative estimate of drug-likeness (QED) is 0.589. The number of esters is 1. The van der Waals surface area contributed by atoms with Gasteiger partial charge in [0.1, 0.15) is 0 Å². The van der Waals surface area contributed by atoms with Crippen molar-refractivity contribution < 1.29 is 27.9 Å². The smallest absolute Gasteiger partial charge is 0.380 e. The number of ether oxygens (including phenoxy) is 2. The zero-order valence-corrected chi connectivity index (χ0v) is 13.5. The summed E-state index contributed by atoms with van der Waals surface area (Å²) in [6.45, 7) is 1.84. The van der Waals surface area contributed by atoms with Crippen LogP contribution < -0.4 is 0 Å². The molecule has 1 aliphatic rings. The first-order chi connectivity index (χ1) is 10.6. The molecule has 0 saturated carbocycles. The average Bonchev–Trinajstić information content (AvgIpc) is 3.01. The standard InChI is InChI=1S/C14H18NO6P/c1-4-20-13(16)12-14(21-10-15-12,22(17,18-2)19-3)11-8-6-5-7-9-11/h5-10,12H,4H2,1-3H3. The summed E-state index contributed by atoms with van der Waals surface area (Å²) in [5, 5.41) is -1.70. The van der Waals surface area contributed by atoms with Crippen molar-refractivity contribution in [3.8, 4) is 0 Å². The van der Waals surface area contributed by atoms with Gasteiger partial charge in [-0.25, -0.2) is 9.79 Å². The second kappa shape index (κ2) is 6.60. The van der Waals surface area contributed by atoms with Gasteiger partial charge in [-0.2, -0.15) is 0 Å². The van der Waals surface area contributed by atoms with E-state index < -0.39 is 24.9 Å². The Kier molecular flexibility index (Phi) is 5.01. The third-order valence-corrected chi connectivity index (χ3v) is 5.78. The fourth-order valence-electron chi connectivity index (χ4n) is 2.40. The summed E-state index contributed by atoms with van der Waals surface area (Å²) in [6.07, 6.45) is 1.08. The van der Waals surface area contributed by atoms with Gasteiger partial charge in [-0.05, 0) is 6.92 Å². The fourth-order valence-corrected chi connectivity index (χ4v) is 4.20. The lowest BCUT2D eigenvalue weighted by molar-refractivity contribution is -0.147. The van der Waals surface area contributed by atoms with Crippen LogP contribution in [0, 0.1) is 0 Å². The fraction of sp³-hybridized carbons (Fsp3) is 0.429. The van der Waals surface area contributed by atoms with Gasteiger partial charge in [0.15, 0.2) is 6.40 Å². The molecule has 2 atom stereocenters. The minimum Gasteiger partial charge on any atom is -0.464 e. The molecular formula is C14H18NO6P. The number of aliphatic imine (C=N–C) groups is 1. The Morgan fingerprint density at radius 1 is 1.32 bits per heavy atom. The lowest BCUT2D eigenvalue weighted by Crippen LogP contribution is -2.43. The van der Waals surface area contributed by atoms with Crippen LogP contribution >= 0.6 is 7.60 Å². The van der Waals surface area contributed by atoms with Crippen LogP contribution in [-0.4, -0.2) is 39.2 Å². The predicted molar refractivity (Wildman–Crippen MR) is 79.7 cm³/mol. The highest BCUT2D eigenvalue weighted by Gasteiger charge is 2.64. The number of hydrogen-bond donors (Lipinski definition) is 0. The highest BCUT2D eigenvalue weighted by Crippen LogP contribution is 2.67. The zero-order chi connectivity index (χ0) is 16.2. The molecule has 1 aliphatic heterocycles. The van der Waals surface area contributed by atoms with Gasteiger partial charge in [-0.1, -0.05) is 30.3 Å². The summed E-state index contributed by atoms with van der Waals surface area (Å²) in [4.78, 5) is 16.3. The molecule has 2 unspecified atom stereocenters. The normalized spacial score (nSPS) is 24.0. The van der Waals surface area contributed by atoms with Crippen LogP contribution in [0.25, 0.3) is 0 Å². The maximum absolute atomic E-state index is 13.1. The average molecular weight is 327 g/mol. The van der Waals surface area contributed by atoms with Crippen molar-refractivity contribution in [3.05, 3.63) is 35.9 Å². The number of hydrogen-bond acceptors (Lipinski definition) is 7. The van der Waals surface area contributed by atoms with Crippen molar-refractivity contribution >= 4 is 20.0 Å². The molecule has 0 saturated heterocycles. The molecule has 0 radical (unpaired) electrons. The van der Waals surface area contributed by atoms with Crippen molar-refractivity contribution in [2.45, 2.75) is 18.3 Å². The van der Waals surface area contributed by atoms with Crippen molar-refractivity contribution in [3.63, 3.8) is 0 Å². The minimum atomic E-state index is -3.86. The van der Waals surface area contributed by atoms with E-state index in [1.54, 1.807) is 37.3 Å². The van der Waals surface area contributed by atoms with Gasteiger partial charge < -0.3 is 18.5 Å². The Balaban J connectivity index is 2.62. The van der Waals surface area contributed by atoms with Crippen LogP contribution in [-0.2, 0) is 33.2 Å². The minimum absolute atomic E-state index is 0.167. The highest BCUT2D eigenvalue weighted by atomic mass is 31.2. The van der Waals surface area contributed by atoms with Gasteiger partial charge in [0.05, 0.1) is 6.61 Å². The maximum Gasteiger partial charge on any atom is 0.380 e. The van der Waals surface area contributed by atoms with E-state index >= 15 is 0 Å². The second-order valence-electron chi connectivity index (χ2n) is 4.45. The molecule has 0 aromatic heterocycles. The molecule has 22 heavy (non-hydrogen) atoms. The Labute approximate surface area is 128 Å². The van der Waals surface area contributed by atoms with Gasteiger partial charge in [0.25, 0.3) is 5.34 Å². The topological polar surface area (TPSA) is 83.4 Å². The Morgan fingerprint density at radius 2 is 1.95 bits per heavy atom. The largest absolute Gasteiger partial charge is 0.464 e. The van der Waals surface area contributed by atoms with E-state index in [0.717, 1.165) is 6.40 Å². The van der Waals surface area contributed by atoms with Crippen LogP contribution in [0.5, 0.6) is 0 Å². The number of benzene rings is 1. The zero-order valence-electron chi connectivity index (χ0n) is 12.6.